The van der Waals surface area contributed by atoms with Gasteiger partial charge >= 0.3 is 0 Å². The Bertz CT molecular complexity index is 1030. The van der Waals surface area contributed by atoms with Gasteiger partial charge in [-0.2, -0.15) is 0 Å². The number of allylic oxidation sites excluding steroid dienone is 2. The Morgan fingerprint density at radius 2 is 1.26 bits per heavy atom. The van der Waals surface area contributed by atoms with Crippen LogP contribution in [0, 0.1) is 31.6 Å². The molecular formula is C24H24N2O5. The fourth-order valence-corrected chi connectivity index (χ4v) is 3.71. The van der Waals surface area contributed by atoms with Crippen molar-refractivity contribution in [1.29, 1.82) is 0 Å². The van der Waals surface area contributed by atoms with Crippen molar-refractivity contribution >= 4 is 29.3 Å². The number of hydrogen-bond acceptors (Lipinski definition) is 5. The Morgan fingerprint density at radius 3 is 1.61 bits per heavy atom. The van der Waals surface area contributed by atoms with Crippen LogP contribution in [0.25, 0.3) is 12.2 Å². The maximum absolute atomic E-state index is 13.2. The molecule has 160 valence electrons. The zero-order chi connectivity index (χ0) is 22.8. The van der Waals surface area contributed by atoms with E-state index in [9.17, 15) is 25.0 Å². The highest BCUT2D eigenvalue weighted by Crippen LogP contribution is 2.42. The standard InChI is InChI=1S/C24H24N2O5/c1-24(2,3)20-14-18(10-16-6-4-8-21(12-16)25(28)29)23(27)19(15-20)11-17-7-5-9-22(13-17)26(30)31/h4-13,20H,14-15H2,1-3H3. The SMILES string of the molecule is CC(C)(C)C1CC(=Cc2cccc([N+](=O)[O-])c2)C(=O)C(=Cc2cccc([N+](=O)[O-])c2)C1. The minimum atomic E-state index is -0.462. The van der Waals surface area contributed by atoms with Crippen molar-refractivity contribution in [2.75, 3.05) is 0 Å². The van der Waals surface area contributed by atoms with E-state index in [4.69, 9.17) is 0 Å². The van der Waals surface area contributed by atoms with Crippen molar-refractivity contribution in [3.8, 4) is 0 Å². The van der Waals surface area contributed by atoms with Crippen molar-refractivity contribution < 1.29 is 14.6 Å². The molecule has 2 aromatic carbocycles. The normalized spacial score (nSPS) is 19.6. The molecule has 0 bridgehead atoms. The monoisotopic (exact) mass is 420 g/mol. The first-order valence-electron chi connectivity index (χ1n) is 9.99. The number of non-ortho nitro benzene ring substituents is 2. The van der Waals surface area contributed by atoms with Crippen molar-refractivity contribution in [3.63, 3.8) is 0 Å². The number of carbonyl (C=O) groups is 1. The summed E-state index contributed by atoms with van der Waals surface area (Å²) in [6.45, 7) is 6.34. The maximum atomic E-state index is 13.2. The van der Waals surface area contributed by atoms with Crippen molar-refractivity contribution in [2.24, 2.45) is 11.3 Å². The molecule has 7 heteroatoms. The number of hydrogen-bond donors (Lipinski definition) is 0. The van der Waals surface area contributed by atoms with E-state index in [0.29, 0.717) is 35.1 Å². The lowest BCUT2D eigenvalue weighted by Gasteiger charge is -2.35. The lowest BCUT2D eigenvalue weighted by Crippen LogP contribution is -2.29. The summed E-state index contributed by atoms with van der Waals surface area (Å²) in [5, 5.41) is 22.2. The third-order valence-electron chi connectivity index (χ3n) is 5.58. The van der Waals surface area contributed by atoms with Crippen molar-refractivity contribution in [3.05, 3.63) is 91.0 Å². The van der Waals surface area contributed by atoms with Gasteiger partial charge in [0.25, 0.3) is 11.4 Å². The van der Waals surface area contributed by atoms with E-state index in [1.165, 1.54) is 24.3 Å². The molecule has 0 N–H and O–H groups in total. The number of benzene rings is 2. The smallest absolute Gasteiger partial charge is 0.270 e. The number of nitro benzene ring substituents is 2. The van der Waals surface area contributed by atoms with Crippen LogP contribution in [0.2, 0.25) is 0 Å². The van der Waals surface area contributed by atoms with Gasteiger partial charge in [-0.05, 0) is 47.5 Å². The first-order chi connectivity index (χ1) is 14.5. The molecular weight excluding hydrogens is 396 g/mol. The van der Waals surface area contributed by atoms with Crippen molar-refractivity contribution in [2.45, 2.75) is 33.6 Å². The molecule has 7 nitrogen and oxygen atoms in total. The van der Waals surface area contributed by atoms with Crippen LogP contribution in [-0.2, 0) is 4.79 Å². The fraction of sp³-hybridized carbons (Fsp3) is 0.292. The van der Waals surface area contributed by atoms with E-state index in [1.807, 2.05) is 0 Å². The second-order valence-corrected chi connectivity index (χ2v) is 8.84. The molecule has 1 saturated carbocycles. The van der Waals surface area contributed by atoms with E-state index < -0.39 is 9.85 Å². The molecule has 1 fully saturated rings. The zero-order valence-electron chi connectivity index (χ0n) is 17.7. The van der Waals surface area contributed by atoms with Crippen molar-refractivity contribution in [1.82, 2.24) is 0 Å². The Balaban J connectivity index is 2.04. The Labute approximate surface area is 180 Å². The van der Waals surface area contributed by atoms with E-state index >= 15 is 0 Å². The average Bonchev–Trinajstić information content (AvgIpc) is 2.70. The first-order valence-corrected chi connectivity index (χ1v) is 9.99. The highest BCUT2D eigenvalue weighted by atomic mass is 16.6. The van der Waals surface area contributed by atoms with E-state index in [2.05, 4.69) is 20.8 Å². The van der Waals surface area contributed by atoms with E-state index in [1.54, 1.807) is 36.4 Å². The number of nitrogens with zero attached hydrogens (tertiary/aromatic N) is 2. The van der Waals surface area contributed by atoms with Gasteiger partial charge in [-0.25, -0.2) is 0 Å². The van der Waals surface area contributed by atoms with Crippen LogP contribution in [0.15, 0.2) is 59.7 Å². The molecule has 1 aliphatic carbocycles. The third-order valence-corrected chi connectivity index (χ3v) is 5.58. The third kappa shape index (κ3) is 5.31. The summed E-state index contributed by atoms with van der Waals surface area (Å²) in [4.78, 5) is 34.5. The number of carbonyl (C=O) groups excluding carboxylic acids is 1. The molecule has 0 saturated heterocycles. The fourth-order valence-electron chi connectivity index (χ4n) is 3.71. The highest BCUT2D eigenvalue weighted by Gasteiger charge is 2.34. The van der Waals surface area contributed by atoms with Crippen LogP contribution in [0.3, 0.4) is 0 Å². The summed E-state index contributed by atoms with van der Waals surface area (Å²) in [6.07, 6.45) is 4.57. The second kappa shape index (κ2) is 8.63. The predicted molar refractivity (Wildman–Crippen MR) is 119 cm³/mol. The molecule has 0 unspecified atom stereocenters. The van der Waals surface area contributed by atoms with Gasteiger partial charge in [0.05, 0.1) is 9.85 Å². The van der Waals surface area contributed by atoms with Crippen LogP contribution in [0.5, 0.6) is 0 Å². The Kier molecular flexibility index (Phi) is 6.15. The van der Waals surface area contributed by atoms with Gasteiger partial charge in [-0.15, -0.1) is 0 Å². The minimum absolute atomic E-state index is 0.0302. The van der Waals surface area contributed by atoms with Gasteiger partial charge in [0.2, 0.25) is 0 Å². The minimum Gasteiger partial charge on any atom is -0.289 e. The van der Waals surface area contributed by atoms with E-state index in [0.717, 1.165) is 0 Å². The largest absolute Gasteiger partial charge is 0.289 e. The van der Waals surface area contributed by atoms with Gasteiger partial charge in [-0.3, -0.25) is 25.0 Å². The van der Waals surface area contributed by atoms with Gasteiger partial charge < -0.3 is 0 Å². The molecule has 0 atom stereocenters. The second-order valence-electron chi connectivity index (χ2n) is 8.84. The average molecular weight is 420 g/mol. The van der Waals surface area contributed by atoms with Crippen LogP contribution >= 0.6 is 0 Å². The summed E-state index contributed by atoms with van der Waals surface area (Å²) < 4.78 is 0. The maximum Gasteiger partial charge on any atom is 0.270 e. The Morgan fingerprint density at radius 1 is 0.839 bits per heavy atom. The lowest BCUT2D eigenvalue weighted by atomic mass is 9.68. The molecule has 3 rings (SSSR count). The topological polar surface area (TPSA) is 103 Å². The van der Waals surface area contributed by atoms with E-state index in [-0.39, 0.29) is 28.5 Å². The van der Waals surface area contributed by atoms with Crippen LogP contribution in [0.1, 0.15) is 44.7 Å². The molecule has 31 heavy (non-hydrogen) atoms. The molecule has 0 aliphatic heterocycles. The summed E-state index contributed by atoms with van der Waals surface area (Å²) in [7, 11) is 0. The molecule has 0 heterocycles. The molecule has 0 radical (unpaired) electrons. The Hall–Kier alpha value is -3.61. The molecule has 2 aromatic rings. The molecule has 0 aromatic heterocycles. The number of rotatable bonds is 4. The van der Waals surface area contributed by atoms with Gasteiger partial charge in [0.1, 0.15) is 0 Å². The van der Waals surface area contributed by atoms with Crippen LogP contribution in [0.4, 0.5) is 11.4 Å². The zero-order valence-corrected chi connectivity index (χ0v) is 17.7. The highest BCUT2D eigenvalue weighted by molar-refractivity contribution is 6.14. The van der Waals surface area contributed by atoms with Gasteiger partial charge in [0.15, 0.2) is 5.78 Å². The molecule has 0 spiro atoms. The summed E-state index contributed by atoms with van der Waals surface area (Å²) >= 11 is 0. The summed E-state index contributed by atoms with van der Waals surface area (Å²) in [5.41, 5.74) is 2.24. The number of nitro groups is 2. The van der Waals surface area contributed by atoms with Crippen LogP contribution < -0.4 is 0 Å². The van der Waals surface area contributed by atoms with Gasteiger partial charge in [-0.1, -0.05) is 45.0 Å². The van der Waals surface area contributed by atoms with Crippen LogP contribution in [-0.4, -0.2) is 15.6 Å². The lowest BCUT2D eigenvalue weighted by molar-refractivity contribution is -0.385. The van der Waals surface area contributed by atoms with Gasteiger partial charge in [0, 0.05) is 35.4 Å². The first kappa shape index (κ1) is 22.1. The number of Topliss-reactive ketones (excluding diaryl/α,β-unsaturated/α-hetero) is 1. The predicted octanol–water partition coefficient (Wildman–Crippen LogP) is 6.00. The summed E-state index contributed by atoms with van der Waals surface area (Å²) in [5.74, 6) is 0.0543. The summed E-state index contributed by atoms with van der Waals surface area (Å²) in [6, 6.07) is 12.4. The molecule has 1 aliphatic rings. The quantitative estimate of drug-likeness (QED) is 0.343. The number of ketones is 1. The molecule has 0 amide bonds.